The molecule has 0 spiro atoms. The van der Waals surface area contributed by atoms with E-state index in [4.69, 9.17) is 5.11 Å². The number of nitrogens with one attached hydrogen (secondary N) is 1. The second-order valence-electron chi connectivity index (χ2n) is 9.99. The zero-order chi connectivity index (χ0) is 23.4. The molecule has 32 heavy (non-hydrogen) atoms. The Balaban J connectivity index is 3.03. The lowest BCUT2D eigenvalue weighted by molar-refractivity contribution is -0.122. The topological polar surface area (TPSA) is 49.3 Å². The Morgan fingerprint density at radius 3 is 0.969 bits per heavy atom. The van der Waals surface area contributed by atoms with E-state index in [-0.39, 0.29) is 12.6 Å². The molecule has 192 valence electrons. The van der Waals surface area contributed by atoms with Crippen LogP contribution in [0.2, 0.25) is 0 Å². The quantitative estimate of drug-likeness (QED) is 0.0961. The molecule has 0 aromatic rings. The van der Waals surface area contributed by atoms with E-state index in [0.29, 0.717) is 6.42 Å². The summed E-state index contributed by atoms with van der Waals surface area (Å²) in [5, 5.41) is 11.0. The van der Waals surface area contributed by atoms with Crippen LogP contribution in [-0.2, 0) is 4.79 Å². The van der Waals surface area contributed by atoms with Gasteiger partial charge < -0.3 is 10.4 Å². The molecule has 3 nitrogen and oxygen atoms in total. The number of aliphatic hydroxyl groups excluding tert-OH is 1. The van der Waals surface area contributed by atoms with E-state index in [0.717, 1.165) is 12.8 Å². The molecule has 3 heteroatoms. The summed E-state index contributed by atoms with van der Waals surface area (Å²) in [5.74, 6) is -0.0263. The monoisotopic (exact) mass is 453 g/mol. The normalized spacial score (nSPS) is 11.2. The highest BCUT2D eigenvalue weighted by Gasteiger charge is 1.99. The number of hydrogen-bond acceptors (Lipinski definition) is 2. The van der Waals surface area contributed by atoms with Gasteiger partial charge >= 0.3 is 0 Å². The number of unbranched alkanes of at least 4 members (excludes halogenated alkanes) is 24. The molecule has 0 aliphatic carbocycles. The molecule has 0 aromatic carbocycles. The molecular weight excluding hydrogens is 394 g/mol. The number of rotatable bonds is 27. The number of hydrogen-bond donors (Lipinski definition) is 2. The average molecular weight is 454 g/mol. The van der Waals surface area contributed by atoms with Crippen molar-refractivity contribution < 1.29 is 9.90 Å². The van der Waals surface area contributed by atoms with Crippen molar-refractivity contribution in [3.05, 3.63) is 0 Å². The molecule has 0 unspecified atom stereocenters. The van der Waals surface area contributed by atoms with Crippen molar-refractivity contribution in [3.8, 4) is 0 Å². The molecule has 0 aliphatic heterocycles. The number of aliphatic hydroxyl groups is 1. The molecular formula is C29H59NO2. The lowest BCUT2D eigenvalue weighted by Crippen LogP contribution is -2.23. The molecule has 2 N–H and O–H groups in total. The summed E-state index contributed by atoms with van der Waals surface area (Å²) in [4.78, 5) is 11.2. The van der Waals surface area contributed by atoms with Crippen LogP contribution in [0.25, 0.3) is 0 Å². The first-order valence-corrected chi connectivity index (χ1v) is 14.7. The largest absolute Gasteiger partial charge is 0.377 e. The van der Waals surface area contributed by atoms with Gasteiger partial charge in [-0.05, 0) is 6.42 Å². The third kappa shape index (κ3) is 27.5. The molecule has 0 saturated carbocycles. The Hall–Kier alpha value is -0.570. The van der Waals surface area contributed by atoms with E-state index in [1.54, 1.807) is 0 Å². The van der Waals surface area contributed by atoms with Gasteiger partial charge in [0.1, 0.15) is 6.73 Å². The third-order valence-corrected chi connectivity index (χ3v) is 6.78. The fourth-order valence-corrected chi connectivity index (χ4v) is 4.60. The number of amides is 1. The Labute approximate surface area is 201 Å². The second-order valence-corrected chi connectivity index (χ2v) is 9.99. The molecule has 0 saturated heterocycles. The summed E-state index contributed by atoms with van der Waals surface area (Å²) in [6.07, 6.45) is 35.4. The highest BCUT2D eigenvalue weighted by molar-refractivity contribution is 5.75. The van der Waals surface area contributed by atoms with E-state index in [1.807, 2.05) is 0 Å². The van der Waals surface area contributed by atoms with Crippen molar-refractivity contribution in [2.24, 2.45) is 0 Å². The standard InChI is InChI=1S/C29H59NO2/c1-2-3-4-5-6-7-8-9-10-11-12-13-14-15-16-17-18-19-20-21-22-23-24-25-26-27-29(32)30-28-31/h31H,2-28H2,1H3,(H,30,32). The van der Waals surface area contributed by atoms with Crippen molar-refractivity contribution in [3.63, 3.8) is 0 Å². The van der Waals surface area contributed by atoms with E-state index in [1.165, 1.54) is 148 Å². The molecule has 0 aromatic heterocycles. The van der Waals surface area contributed by atoms with Gasteiger partial charge in [-0.25, -0.2) is 0 Å². The van der Waals surface area contributed by atoms with Gasteiger partial charge in [-0.1, -0.05) is 161 Å². The average Bonchev–Trinajstić information content (AvgIpc) is 2.79. The maximum Gasteiger partial charge on any atom is 0.221 e. The van der Waals surface area contributed by atoms with Crippen LogP contribution in [0.1, 0.15) is 174 Å². The summed E-state index contributed by atoms with van der Waals surface area (Å²) in [7, 11) is 0. The van der Waals surface area contributed by atoms with Crippen LogP contribution < -0.4 is 5.32 Å². The van der Waals surface area contributed by atoms with Crippen molar-refractivity contribution in [2.75, 3.05) is 6.73 Å². The van der Waals surface area contributed by atoms with Gasteiger partial charge in [0.15, 0.2) is 0 Å². The maximum absolute atomic E-state index is 11.2. The predicted octanol–water partition coefficient (Wildman–Crippen LogP) is 9.21. The van der Waals surface area contributed by atoms with Gasteiger partial charge in [-0.3, -0.25) is 4.79 Å². The summed E-state index contributed by atoms with van der Waals surface area (Å²) >= 11 is 0. The molecule has 0 bridgehead atoms. The lowest BCUT2D eigenvalue weighted by Gasteiger charge is -2.04. The van der Waals surface area contributed by atoms with Gasteiger partial charge in [0.2, 0.25) is 5.91 Å². The number of carbonyl (C=O) groups excluding carboxylic acids is 1. The molecule has 1 amide bonds. The van der Waals surface area contributed by atoms with Gasteiger partial charge in [-0.2, -0.15) is 0 Å². The van der Waals surface area contributed by atoms with E-state index >= 15 is 0 Å². The Morgan fingerprint density at radius 2 is 0.719 bits per heavy atom. The van der Waals surface area contributed by atoms with Crippen molar-refractivity contribution in [2.45, 2.75) is 174 Å². The minimum atomic E-state index is -0.238. The zero-order valence-corrected chi connectivity index (χ0v) is 21.9. The van der Waals surface area contributed by atoms with Gasteiger partial charge in [0.05, 0.1) is 0 Å². The van der Waals surface area contributed by atoms with Crippen LogP contribution in [0, 0.1) is 0 Å². The first kappa shape index (κ1) is 31.4. The molecule has 0 atom stereocenters. The van der Waals surface area contributed by atoms with Crippen LogP contribution >= 0.6 is 0 Å². The summed E-state index contributed by atoms with van der Waals surface area (Å²) in [6, 6.07) is 0. The highest BCUT2D eigenvalue weighted by atomic mass is 16.3. The van der Waals surface area contributed by atoms with Crippen LogP contribution in [0.15, 0.2) is 0 Å². The molecule has 0 radical (unpaired) electrons. The number of carbonyl (C=O) groups is 1. The highest BCUT2D eigenvalue weighted by Crippen LogP contribution is 2.15. The SMILES string of the molecule is CCCCCCCCCCCCCCCCCCCCCCCCCCCC(=O)NCO. The van der Waals surface area contributed by atoms with Gasteiger partial charge in [0, 0.05) is 6.42 Å². The summed E-state index contributed by atoms with van der Waals surface area (Å²) in [5.41, 5.74) is 0. The minimum Gasteiger partial charge on any atom is -0.377 e. The first-order valence-electron chi connectivity index (χ1n) is 14.7. The fraction of sp³-hybridized carbons (Fsp3) is 0.966. The first-order chi connectivity index (χ1) is 15.8. The van der Waals surface area contributed by atoms with Gasteiger partial charge in [-0.15, -0.1) is 0 Å². The Bertz CT molecular complexity index is 359. The van der Waals surface area contributed by atoms with Crippen LogP contribution in [0.5, 0.6) is 0 Å². The van der Waals surface area contributed by atoms with Crippen LogP contribution in [-0.4, -0.2) is 17.7 Å². The Kier molecular flexibility index (Phi) is 28.0. The lowest BCUT2D eigenvalue weighted by atomic mass is 10.0. The van der Waals surface area contributed by atoms with E-state index in [9.17, 15) is 4.79 Å². The Morgan fingerprint density at radius 1 is 0.469 bits per heavy atom. The van der Waals surface area contributed by atoms with Crippen molar-refractivity contribution >= 4 is 5.91 Å². The van der Waals surface area contributed by atoms with Crippen molar-refractivity contribution in [1.29, 1.82) is 0 Å². The van der Waals surface area contributed by atoms with E-state index in [2.05, 4.69) is 12.2 Å². The zero-order valence-electron chi connectivity index (χ0n) is 21.9. The van der Waals surface area contributed by atoms with Crippen LogP contribution in [0.4, 0.5) is 0 Å². The van der Waals surface area contributed by atoms with Crippen LogP contribution in [0.3, 0.4) is 0 Å². The molecule has 0 rings (SSSR count). The summed E-state index contributed by atoms with van der Waals surface area (Å²) in [6.45, 7) is 2.06. The fourth-order valence-electron chi connectivity index (χ4n) is 4.60. The predicted molar refractivity (Wildman–Crippen MR) is 141 cm³/mol. The molecule has 0 heterocycles. The van der Waals surface area contributed by atoms with Gasteiger partial charge in [0.25, 0.3) is 0 Å². The van der Waals surface area contributed by atoms with Crippen molar-refractivity contribution in [1.82, 2.24) is 5.32 Å². The smallest absolute Gasteiger partial charge is 0.221 e. The van der Waals surface area contributed by atoms with E-state index < -0.39 is 0 Å². The third-order valence-electron chi connectivity index (χ3n) is 6.78. The minimum absolute atomic E-state index is 0.0263. The summed E-state index contributed by atoms with van der Waals surface area (Å²) < 4.78 is 0. The molecule has 0 fully saturated rings. The second kappa shape index (κ2) is 28.5. The molecule has 0 aliphatic rings. The maximum atomic E-state index is 11.2.